The SMILES string of the molecule is Nc1ncnc2c1ccn2CCCCC#C[C@@H]1C[C@H](O)[C@@H](CO)O1. The number of nitrogens with two attached hydrogens (primary N) is 1. The highest BCUT2D eigenvalue weighted by molar-refractivity contribution is 5.85. The number of ether oxygens (including phenoxy) is 1. The first-order valence-electron chi connectivity index (χ1n) is 8.17. The van der Waals surface area contributed by atoms with Crippen molar-refractivity contribution in [2.45, 2.75) is 50.5 Å². The summed E-state index contributed by atoms with van der Waals surface area (Å²) in [5, 5.41) is 19.5. The molecule has 2 aromatic rings. The minimum Gasteiger partial charge on any atom is -0.394 e. The summed E-state index contributed by atoms with van der Waals surface area (Å²) in [7, 11) is 0. The molecule has 0 amide bonds. The molecule has 2 aromatic heterocycles. The fourth-order valence-electron chi connectivity index (χ4n) is 2.87. The lowest BCUT2D eigenvalue weighted by Gasteiger charge is -2.08. The fourth-order valence-corrected chi connectivity index (χ4v) is 2.87. The zero-order chi connectivity index (χ0) is 16.9. The Hall–Kier alpha value is -2.14. The Morgan fingerprint density at radius 3 is 3.04 bits per heavy atom. The maximum absolute atomic E-state index is 9.64. The van der Waals surface area contributed by atoms with Gasteiger partial charge in [-0.15, -0.1) is 5.92 Å². The molecule has 0 bridgehead atoms. The van der Waals surface area contributed by atoms with E-state index in [-0.39, 0.29) is 12.7 Å². The van der Waals surface area contributed by atoms with Crippen LogP contribution in [0.25, 0.3) is 11.0 Å². The third-order valence-electron chi connectivity index (χ3n) is 4.20. The van der Waals surface area contributed by atoms with Crippen LogP contribution in [0, 0.1) is 11.8 Å². The van der Waals surface area contributed by atoms with Crippen LogP contribution in [0.3, 0.4) is 0 Å². The average molecular weight is 330 g/mol. The third kappa shape index (κ3) is 3.67. The number of aromatic nitrogens is 3. The van der Waals surface area contributed by atoms with Crippen LogP contribution in [0.15, 0.2) is 18.6 Å². The van der Waals surface area contributed by atoms with Crippen LogP contribution < -0.4 is 5.73 Å². The maximum atomic E-state index is 9.64. The van der Waals surface area contributed by atoms with Crippen molar-refractivity contribution in [1.82, 2.24) is 14.5 Å². The molecule has 0 radical (unpaired) electrons. The standard InChI is InChI=1S/C17H22N4O3/c18-16-13-6-8-21(17(13)20-11-19-16)7-4-2-1-3-5-12-9-14(23)15(10-22)24-12/h6,8,11-12,14-15,22-23H,1-2,4,7,9-10H2,(H2,18,19,20)/t12-,14+,15-/m1/s1. The number of aryl methyl sites for hydroxylation is 1. The number of aliphatic hydroxyl groups excluding tert-OH is 2. The molecule has 7 heteroatoms. The van der Waals surface area contributed by atoms with Gasteiger partial charge in [0.1, 0.15) is 30.0 Å². The molecule has 0 unspecified atom stereocenters. The molecular weight excluding hydrogens is 308 g/mol. The highest BCUT2D eigenvalue weighted by Crippen LogP contribution is 2.20. The van der Waals surface area contributed by atoms with E-state index < -0.39 is 12.2 Å². The first kappa shape index (κ1) is 16.7. The van der Waals surface area contributed by atoms with E-state index in [4.69, 9.17) is 15.6 Å². The molecule has 128 valence electrons. The van der Waals surface area contributed by atoms with Crippen molar-refractivity contribution < 1.29 is 14.9 Å². The van der Waals surface area contributed by atoms with E-state index in [0.717, 1.165) is 36.8 Å². The minimum atomic E-state index is -0.620. The molecule has 3 heterocycles. The van der Waals surface area contributed by atoms with Gasteiger partial charge in [0.2, 0.25) is 0 Å². The van der Waals surface area contributed by atoms with Crippen LogP contribution in [0.2, 0.25) is 0 Å². The second kappa shape index (κ2) is 7.62. The van der Waals surface area contributed by atoms with E-state index >= 15 is 0 Å². The van der Waals surface area contributed by atoms with Crippen LogP contribution >= 0.6 is 0 Å². The van der Waals surface area contributed by atoms with Crippen LogP contribution in [-0.2, 0) is 11.3 Å². The van der Waals surface area contributed by atoms with Gasteiger partial charge in [-0.05, 0) is 18.9 Å². The molecule has 0 aromatic carbocycles. The summed E-state index contributed by atoms with van der Waals surface area (Å²) in [5.74, 6) is 6.62. The van der Waals surface area contributed by atoms with Gasteiger partial charge in [-0.25, -0.2) is 9.97 Å². The molecular formula is C17H22N4O3. The number of nitrogen functional groups attached to an aromatic ring is 1. The van der Waals surface area contributed by atoms with Crippen molar-refractivity contribution in [1.29, 1.82) is 0 Å². The zero-order valence-electron chi connectivity index (χ0n) is 13.4. The maximum Gasteiger partial charge on any atom is 0.145 e. The second-order valence-corrected chi connectivity index (χ2v) is 5.93. The van der Waals surface area contributed by atoms with Gasteiger partial charge in [-0.2, -0.15) is 0 Å². The Balaban J connectivity index is 1.43. The molecule has 3 rings (SSSR count). The van der Waals surface area contributed by atoms with Gasteiger partial charge in [-0.1, -0.05) is 5.92 Å². The second-order valence-electron chi connectivity index (χ2n) is 5.93. The van der Waals surface area contributed by atoms with E-state index in [1.807, 2.05) is 12.3 Å². The predicted molar refractivity (Wildman–Crippen MR) is 89.9 cm³/mol. The topological polar surface area (TPSA) is 106 Å². The third-order valence-corrected chi connectivity index (χ3v) is 4.20. The van der Waals surface area contributed by atoms with Crippen molar-refractivity contribution in [2.24, 2.45) is 0 Å². The quantitative estimate of drug-likeness (QED) is 0.550. The normalized spacial score (nSPS) is 23.3. The molecule has 3 atom stereocenters. The summed E-state index contributed by atoms with van der Waals surface area (Å²) in [4.78, 5) is 8.26. The Morgan fingerprint density at radius 2 is 2.25 bits per heavy atom. The molecule has 1 saturated heterocycles. The van der Waals surface area contributed by atoms with Crippen molar-refractivity contribution in [3.63, 3.8) is 0 Å². The molecule has 7 nitrogen and oxygen atoms in total. The Labute approximate surface area is 140 Å². The number of hydrogen-bond donors (Lipinski definition) is 3. The fraction of sp³-hybridized carbons (Fsp3) is 0.529. The molecule has 0 aliphatic carbocycles. The van der Waals surface area contributed by atoms with Crippen molar-refractivity contribution in [3.05, 3.63) is 18.6 Å². The summed E-state index contributed by atoms with van der Waals surface area (Å²) in [5.41, 5.74) is 6.68. The predicted octanol–water partition coefficient (Wildman–Crippen LogP) is 0.698. The van der Waals surface area contributed by atoms with Crippen LogP contribution in [0.1, 0.15) is 25.7 Å². The van der Waals surface area contributed by atoms with E-state index in [9.17, 15) is 5.11 Å². The highest BCUT2D eigenvalue weighted by Gasteiger charge is 2.32. The molecule has 1 aliphatic rings. The largest absolute Gasteiger partial charge is 0.394 e. The molecule has 1 fully saturated rings. The smallest absolute Gasteiger partial charge is 0.145 e. The van der Waals surface area contributed by atoms with Gasteiger partial charge in [-0.3, -0.25) is 0 Å². The number of rotatable bonds is 5. The summed E-state index contributed by atoms with van der Waals surface area (Å²) in [6.45, 7) is 0.686. The van der Waals surface area contributed by atoms with Gasteiger partial charge in [0, 0.05) is 25.6 Å². The van der Waals surface area contributed by atoms with Gasteiger partial charge in [0.05, 0.1) is 18.1 Å². The Kier molecular flexibility index (Phi) is 5.30. The van der Waals surface area contributed by atoms with Gasteiger partial charge in [0.25, 0.3) is 0 Å². The number of unbranched alkanes of at least 4 members (excludes halogenated alkanes) is 2. The zero-order valence-corrected chi connectivity index (χ0v) is 13.4. The molecule has 0 saturated carbocycles. The van der Waals surface area contributed by atoms with Crippen LogP contribution in [0.4, 0.5) is 5.82 Å². The van der Waals surface area contributed by atoms with E-state index in [2.05, 4.69) is 26.4 Å². The van der Waals surface area contributed by atoms with E-state index in [1.54, 1.807) is 0 Å². The minimum absolute atomic E-state index is 0.168. The summed E-state index contributed by atoms with van der Waals surface area (Å²) < 4.78 is 7.52. The Morgan fingerprint density at radius 1 is 1.38 bits per heavy atom. The van der Waals surface area contributed by atoms with Crippen molar-refractivity contribution >= 4 is 16.9 Å². The van der Waals surface area contributed by atoms with Gasteiger partial charge < -0.3 is 25.3 Å². The number of nitrogens with zero attached hydrogens (tertiary/aromatic N) is 3. The average Bonchev–Trinajstić information content (AvgIpc) is 3.15. The lowest BCUT2D eigenvalue weighted by molar-refractivity contribution is -0.00871. The van der Waals surface area contributed by atoms with Gasteiger partial charge in [0.15, 0.2) is 0 Å². The Bertz CT molecular complexity index is 749. The number of aliphatic hydroxyl groups is 2. The highest BCUT2D eigenvalue weighted by atomic mass is 16.5. The number of hydrogen-bond acceptors (Lipinski definition) is 6. The first-order valence-corrected chi connectivity index (χ1v) is 8.17. The molecule has 0 spiro atoms. The van der Waals surface area contributed by atoms with Gasteiger partial charge >= 0.3 is 0 Å². The molecule has 4 N–H and O–H groups in total. The lowest BCUT2D eigenvalue weighted by Crippen LogP contribution is -2.24. The molecule has 1 aliphatic heterocycles. The summed E-state index contributed by atoms with van der Waals surface area (Å²) in [6, 6.07) is 1.94. The number of anilines is 1. The molecule has 24 heavy (non-hydrogen) atoms. The van der Waals surface area contributed by atoms with E-state index in [0.29, 0.717) is 12.2 Å². The van der Waals surface area contributed by atoms with E-state index in [1.165, 1.54) is 6.33 Å². The summed E-state index contributed by atoms with van der Waals surface area (Å²) in [6.07, 6.45) is 5.25. The van der Waals surface area contributed by atoms with Crippen LogP contribution in [-0.4, -0.2) is 49.7 Å². The monoisotopic (exact) mass is 330 g/mol. The number of fused-ring (bicyclic) bond motifs is 1. The summed E-state index contributed by atoms with van der Waals surface area (Å²) >= 11 is 0. The van der Waals surface area contributed by atoms with Crippen LogP contribution in [0.5, 0.6) is 0 Å². The van der Waals surface area contributed by atoms with Crippen molar-refractivity contribution in [2.75, 3.05) is 12.3 Å². The lowest BCUT2D eigenvalue weighted by atomic mass is 10.1. The van der Waals surface area contributed by atoms with Crippen molar-refractivity contribution in [3.8, 4) is 11.8 Å². The first-order chi connectivity index (χ1) is 11.7.